The Balaban J connectivity index is 1.09. The monoisotopic (exact) mass is 737 g/mol. The summed E-state index contributed by atoms with van der Waals surface area (Å²) in [6.07, 6.45) is 0. The molecular formula is C55H36BNO. The number of hydrogen-bond acceptors (Lipinski definition) is 2. The van der Waals surface area contributed by atoms with Gasteiger partial charge in [-0.3, -0.25) is 0 Å². The zero-order chi connectivity index (χ0) is 38.2. The van der Waals surface area contributed by atoms with Crippen molar-refractivity contribution in [3.63, 3.8) is 0 Å². The van der Waals surface area contributed by atoms with Gasteiger partial charge in [-0.25, -0.2) is 0 Å². The van der Waals surface area contributed by atoms with Crippen molar-refractivity contribution in [1.82, 2.24) is 0 Å². The van der Waals surface area contributed by atoms with E-state index in [0.717, 1.165) is 28.1 Å². The predicted molar refractivity (Wildman–Crippen MR) is 240 cm³/mol. The zero-order valence-electron chi connectivity index (χ0n) is 31.7. The van der Waals surface area contributed by atoms with E-state index >= 15 is 0 Å². The molecule has 2 heterocycles. The van der Waals surface area contributed by atoms with E-state index in [4.69, 9.17) is 4.74 Å². The van der Waals surface area contributed by atoms with Crippen molar-refractivity contribution < 1.29 is 4.74 Å². The average molecular weight is 738 g/mol. The molecule has 9 aromatic carbocycles. The lowest BCUT2D eigenvalue weighted by Gasteiger charge is -2.45. The van der Waals surface area contributed by atoms with E-state index in [9.17, 15) is 0 Å². The van der Waals surface area contributed by atoms with E-state index in [1.807, 2.05) is 0 Å². The molecule has 0 atom stereocenters. The maximum atomic E-state index is 6.99. The fourth-order valence-electron chi connectivity index (χ4n) is 10.4. The van der Waals surface area contributed by atoms with Crippen LogP contribution in [0.2, 0.25) is 0 Å². The van der Waals surface area contributed by atoms with E-state index in [-0.39, 0.29) is 6.71 Å². The Kier molecular flexibility index (Phi) is 7.27. The Labute approximate surface area is 339 Å². The van der Waals surface area contributed by atoms with Crippen LogP contribution in [0.5, 0.6) is 11.5 Å². The molecule has 0 amide bonds. The van der Waals surface area contributed by atoms with E-state index in [0.29, 0.717) is 0 Å². The second-order valence-corrected chi connectivity index (χ2v) is 15.5. The van der Waals surface area contributed by atoms with E-state index in [1.165, 1.54) is 72.5 Å². The molecule has 0 saturated carbocycles. The van der Waals surface area contributed by atoms with Crippen LogP contribution < -0.4 is 26.0 Å². The number of para-hydroxylation sites is 3. The standard InChI is InChI=1S/C55H36BNO/c1-3-18-37(19-4-1)40-24-17-25-41(38-20-5-2-6-21-38)54(40)56-48-30-13-16-33-52(48)58-53-36-39(34-35-49(53)56)57-50-31-14-11-28-46(50)55(47-29-12-15-32-51(47)57)44-26-9-7-22-42(44)43-23-8-10-27-45(43)55/h1-36H. The third-order valence-electron chi connectivity index (χ3n) is 12.6. The molecule has 2 nitrogen and oxygen atoms in total. The van der Waals surface area contributed by atoms with E-state index in [1.54, 1.807) is 0 Å². The molecule has 1 spiro atoms. The quantitative estimate of drug-likeness (QED) is 0.167. The summed E-state index contributed by atoms with van der Waals surface area (Å²) in [5.74, 6) is 1.76. The third kappa shape index (κ3) is 4.62. The van der Waals surface area contributed by atoms with Crippen LogP contribution in [0, 0.1) is 0 Å². The zero-order valence-corrected chi connectivity index (χ0v) is 31.7. The molecule has 9 aromatic rings. The lowest BCUT2D eigenvalue weighted by Crippen LogP contribution is -2.56. The summed E-state index contributed by atoms with van der Waals surface area (Å²) >= 11 is 0. The van der Waals surface area contributed by atoms with Gasteiger partial charge in [0.05, 0.1) is 16.8 Å². The summed E-state index contributed by atoms with van der Waals surface area (Å²) in [6.45, 7) is -0.0729. The predicted octanol–water partition coefficient (Wildman–Crippen LogP) is 11.8. The average Bonchev–Trinajstić information content (AvgIpc) is 3.59. The van der Waals surface area contributed by atoms with Crippen molar-refractivity contribution in [1.29, 1.82) is 0 Å². The lowest BCUT2D eigenvalue weighted by atomic mass is 9.34. The molecule has 1 aliphatic carbocycles. The molecule has 58 heavy (non-hydrogen) atoms. The molecule has 2 aliphatic heterocycles. The van der Waals surface area contributed by atoms with Crippen LogP contribution in [-0.4, -0.2) is 6.71 Å². The van der Waals surface area contributed by atoms with Crippen LogP contribution >= 0.6 is 0 Å². The Hall–Kier alpha value is -7.36. The van der Waals surface area contributed by atoms with Gasteiger partial charge in [0, 0.05) is 11.8 Å². The van der Waals surface area contributed by atoms with Crippen LogP contribution in [0.25, 0.3) is 33.4 Å². The van der Waals surface area contributed by atoms with E-state index in [2.05, 4.69) is 223 Å². The van der Waals surface area contributed by atoms with Crippen molar-refractivity contribution in [2.45, 2.75) is 5.41 Å². The molecule has 270 valence electrons. The highest BCUT2D eigenvalue weighted by Crippen LogP contribution is 2.63. The minimum Gasteiger partial charge on any atom is -0.458 e. The number of fused-ring (bicyclic) bond motifs is 11. The fourth-order valence-corrected chi connectivity index (χ4v) is 10.4. The van der Waals surface area contributed by atoms with Gasteiger partial charge in [0.25, 0.3) is 6.71 Å². The molecular weight excluding hydrogens is 701 g/mol. The van der Waals surface area contributed by atoms with Crippen LogP contribution in [-0.2, 0) is 5.41 Å². The van der Waals surface area contributed by atoms with Crippen molar-refractivity contribution in [3.8, 4) is 44.9 Å². The molecule has 0 bridgehead atoms. The molecule has 12 rings (SSSR count). The maximum Gasteiger partial charge on any atom is 0.252 e. The fraction of sp³-hybridized carbons (Fsp3) is 0.0182. The first kappa shape index (κ1) is 32.8. The molecule has 0 N–H and O–H groups in total. The first-order chi connectivity index (χ1) is 28.8. The number of hydrogen-bond donors (Lipinski definition) is 0. The number of rotatable bonds is 4. The number of nitrogens with zero attached hydrogens (tertiary/aromatic N) is 1. The highest BCUT2D eigenvalue weighted by molar-refractivity contribution is 6.98. The maximum absolute atomic E-state index is 6.99. The topological polar surface area (TPSA) is 12.5 Å². The first-order valence-corrected chi connectivity index (χ1v) is 20.1. The first-order valence-electron chi connectivity index (χ1n) is 20.1. The number of benzene rings is 9. The molecule has 0 saturated heterocycles. The van der Waals surface area contributed by atoms with E-state index < -0.39 is 5.41 Å². The Morgan fingerprint density at radius 2 is 0.828 bits per heavy atom. The Morgan fingerprint density at radius 3 is 1.43 bits per heavy atom. The minimum atomic E-state index is -0.458. The van der Waals surface area contributed by atoms with Gasteiger partial charge in [-0.2, -0.15) is 0 Å². The summed E-state index contributed by atoms with van der Waals surface area (Å²) in [6, 6.07) is 79.8. The van der Waals surface area contributed by atoms with Crippen LogP contribution in [0.4, 0.5) is 17.1 Å². The van der Waals surface area contributed by atoms with Gasteiger partial charge in [-0.05, 0) is 90.8 Å². The summed E-state index contributed by atoms with van der Waals surface area (Å²) in [5.41, 5.74) is 19.2. The number of anilines is 3. The molecule has 0 aromatic heterocycles. The smallest absolute Gasteiger partial charge is 0.252 e. The Morgan fingerprint density at radius 1 is 0.362 bits per heavy atom. The van der Waals surface area contributed by atoms with Gasteiger partial charge in [0.2, 0.25) is 0 Å². The molecule has 0 fully saturated rings. The highest BCUT2D eigenvalue weighted by Gasteiger charge is 2.51. The number of ether oxygens (including phenoxy) is 1. The SMILES string of the molecule is c1ccc(-c2cccc(-c3ccccc3)c2B2c3ccccc3Oc3cc(N4c5ccccc5C5(c6ccccc6-c6ccccc65)c5ccccc54)ccc32)cc1. The van der Waals surface area contributed by atoms with Crippen molar-refractivity contribution >= 4 is 40.2 Å². The van der Waals surface area contributed by atoms with Crippen LogP contribution in [0.1, 0.15) is 22.3 Å². The molecule has 3 aliphatic rings. The van der Waals surface area contributed by atoms with Crippen LogP contribution in [0.15, 0.2) is 218 Å². The second-order valence-electron chi connectivity index (χ2n) is 15.5. The normalized spacial score (nSPS) is 13.7. The van der Waals surface area contributed by atoms with Crippen molar-refractivity contribution in [2.75, 3.05) is 4.90 Å². The molecule has 3 heteroatoms. The lowest BCUT2D eigenvalue weighted by molar-refractivity contribution is 0.487. The largest absolute Gasteiger partial charge is 0.458 e. The molecule has 0 radical (unpaired) electrons. The van der Waals surface area contributed by atoms with Gasteiger partial charge in [0.15, 0.2) is 0 Å². The van der Waals surface area contributed by atoms with Crippen LogP contribution in [0.3, 0.4) is 0 Å². The van der Waals surface area contributed by atoms with Gasteiger partial charge >= 0.3 is 0 Å². The summed E-state index contributed by atoms with van der Waals surface area (Å²) in [4.78, 5) is 2.45. The third-order valence-corrected chi connectivity index (χ3v) is 12.6. The summed E-state index contributed by atoms with van der Waals surface area (Å²) in [7, 11) is 0. The minimum absolute atomic E-state index is 0.0729. The summed E-state index contributed by atoms with van der Waals surface area (Å²) in [5, 5.41) is 0. The van der Waals surface area contributed by atoms with Gasteiger partial charge in [-0.15, -0.1) is 0 Å². The van der Waals surface area contributed by atoms with Gasteiger partial charge in [0.1, 0.15) is 11.5 Å². The summed E-state index contributed by atoms with van der Waals surface area (Å²) < 4.78 is 6.99. The van der Waals surface area contributed by atoms with Gasteiger partial charge in [-0.1, -0.05) is 194 Å². The highest BCUT2D eigenvalue weighted by atomic mass is 16.5. The Bertz CT molecular complexity index is 2910. The van der Waals surface area contributed by atoms with Crippen molar-refractivity contribution in [2.24, 2.45) is 0 Å². The molecule has 0 unspecified atom stereocenters. The second kappa shape index (κ2) is 12.8. The van der Waals surface area contributed by atoms with Gasteiger partial charge < -0.3 is 9.64 Å². The van der Waals surface area contributed by atoms with Crippen molar-refractivity contribution in [3.05, 3.63) is 241 Å².